The fraction of sp³-hybridized carbons (Fsp3) is 0.462. The summed E-state index contributed by atoms with van der Waals surface area (Å²) in [5.41, 5.74) is -0.490. The molecule has 0 aliphatic carbocycles. The minimum atomic E-state index is -0.809. The largest absolute Gasteiger partial charge is 0.374 e. The number of ether oxygens (including phenoxy) is 1. The summed E-state index contributed by atoms with van der Waals surface area (Å²) in [5.74, 6) is -1.29. The number of rotatable bonds is 4. The van der Waals surface area contributed by atoms with Gasteiger partial charge in [-0.25, -0.2) is 4.39 Å². The second kappa shape index (κ2) is 6.59. The molecule has 1 unspecified atom stereocenters. The molecule has 2 rings (SSSR count). The number of likely N-dealkylation sites (N-methyl/N-ethyl adjacent to an activating group) is 1. The average molecular weight is 297 g/mol. The van der Waals surface area contributed by atoms with E-state index in [1.807, 2.05) is 0 Å². The van der Waals surface area contributed by atoms with Crippen molar-refractivity contribution in [3.05, 3.63) is 39.7 Å². The van der Waals surface area contributed by atoms with E-state index in [0.29, 0.717) is 19.7 Å². The molecule has 1 amide bonds. The molecule has 1 fully saturated rings. The quantitative estimate of drug-likeness (QED) is 0.656. The van der Waals surface area contributed by atoms with E-state index < -0.39 is 22.3 Å². The van der Waals surface area contributed by atoms with E-state index in [1.165, 1.54) is 4.90 Å². The summed E-state index contributed by atoms with van der Waals surface area (Å²) >= 11 is 0. The van der Waals surface area contributed by atoms with E-state index in [-0.39, 0.29) is 11.7 Å². The number of nitrogens with one attached hydrogen (secondary N) is 1. The van der Waals surface area contributed by atoms with Crippen LogP contribution in [0.3, 0.4) is 0 Å². The minimum Gasteiger partial charge on any atom is -0.374 e. The number of carbonyl (C=O) groups excluding carboxylic acids is 1. The van der Waals surface area contributed by atoms with Crippen molar-refractivity contribution < 1.29 is 18.8 Å². The molecule has 1 aliphatic rings. The van der Waals surface area contributed by atoms with Crippen LogP contribution in [-0.2, 0) is 4.74 Å². The van der Waals surface area contributed by atoms with Crippen molar-refractivity contribution in [2.24, 2.45) is 0 Å². The predicted molar refractivity (Wildman–Crippen MR) is 72.6 cm³/mol. The van der Waals surface area contributed by atoms with Crippen molar-refractivity contribution in [2.45, 2.75) is 6.10 Å². The van der Waals surface area contributed by atoms with Crippen LogP contribution < -0.4 is 5.32 Å². The smallest absolute Gasteiger partial charge is 0.273 e. The molecular weight excluding hydrogens is 281 g/mol. The maximum Gasteiger partial charge on any atom is 0.273 e. The Bertz CT molecular complexity index is 546. The predicted octanol–water partition coefficient (Wildman–Crippen LogP) is 0.794. The van der Waals surface area contributed by atoms with Crippen LogP contribution in [0.25, 0.3) is 0 Å². The molecule has 8 heteroatoms. The first-order chi connectivity index (χ1) is 9.97. The topological polar surface area (TPSA) is 84.7 Å². The molecule has 1 aliphatic heterocycles. The molecule has 114 valence electrons. The molecular formula is C13H16FN3O4. The van der Waals surface area contributed by atoms with Crippen molar-refractivity contribution in [3.63, 3.8) is 0 Å². The van der Waals surface area contributed by atoms with Gasteiger partial charge in [0.05, 0.1) is 23.7 Å². The number of non-ortho nitro benzene ring substituents is 1. The Morgan fingerprint density at radius 3 is 2.95 bits per heavy atom. The van der Waals surface area contributed by atoms with Crippen molar-refractivity contribution in [1.29, 1.82) is 0 Å². The molecule has 1 atom stereocenters. The first-order valence-corrected chi connectivity index (χ1v) is 6.50. The van der Waals surface area contributed by atoms with Crippen LogP contribution >= 0.6 is 0 Å². The van der Waals surface area contributed by atoms with Crippen LogP contribution in [0.5, 0.6) is 0 Å². The lowest BCUT2D eigenvalue weighted by Gasteiger charge is -2.28. The number of halogens is 1. The second-order valence-electron chi connectivity index (χ2n) is 4.84. The van der Waals surface area contributed by atoms with E-state index in [0.717, 1.165) is 24.7 Å². The van der Waals surface area contributed by atoms with Gasteiger partial charge in [0.2, 0.25) is 0 Å². The Balaban J connectivity index is 2.09. The van der Waals surface area contributed by atoms with Gasteiger partial charge in [0, 0.05) is 38.3 Å². The Hall–Kier alpha value is -2.06. The molecule has 1 saturated heterocycles. The van der Waals surface area contributed by atoms with Crippen molar-refractivity contribution >= 4 is 11.6 Å². The summed E-state index contributed by atoms with van der Waals surface area (Å²) in [4.78, 5) is 23.5. The fourth-order valence-electron chi connectivity index (χ4n) is 2.15. The number of carbonyl (C=O) groups is 1. The Morgan fingerprint density at radius 1 is 1.57 bits per heavy atom. The first kappa shape index (κ1) is 15.3. The van der Waals surface area contributed by atoms with E-state index in [1.54, 1.807) is 7.05 Å². The van der Waals surface area contributed by atoms with Gasteiger partial charge in [-0.3, -0.25) is 14.9 Å². The highest BCUT2D eigenvalue weighted by atomic mass is 19.1. The lowest BCUT2D eigenvalue weighted by Crippen LogP contribution is -2.45. The van der Waals surface area contributed by atoms with Gasteiger partial charge in [0.25, 0.3) is 11.6 Å². The van der Waals surface area contributed by atoms with Crippen LogP contribution in [0.15, 0.2) is 18.2 Å². The number of amides is 1. The Labute approximate surface area is 120 Å². The molecule has 1 N–H and O–H groups in total. The highest BCUT2D eigenvalue weighted by Gasteiger charge is 2.21. The van der Waals surface area contributed by atoms with Gasteiger partial charge in [0.15, 0.2) is 0 Å². The lowest BCUT2D eigenvalue weighted by atomic mass is 10.1. The van der Waals surface area contributed by atoms with Crippen LogP contribution in [0.4, 0.5) is 10.1 Å². The molecule has 0 aromatic heterocycles. The zero-order chi connectivity index (χ0) is 15.4. The molecule has 21 heavy (non-hydrogen) atoms. The van der Waals surface area contributed by atoms with E-state index in [9.17, 15) is 19.3 Å². The molecule has 0 radical (unpaired) electrons. The SMILES string of the molecule is CN(CC1CNCCO1)C(=O)c1cc(F)cc([N+](=O)[O-])c1. The summed E-state index contributed by atoms with van der Waals surface area (Å²) in [6.07, 6.45) is -0.142. The fourth-order valence-corrected chi connectivity index (χ4v) is 2.15. The second-order valence-corrected chi connectivity index (χ2v) is 4.84. The molecule has 7 nitrogen and oxygen atoms in total. The molecule has 1 aromatic carbocycles. The molecule has 1 aromatic rings. The van der Waals surface area contributed by atoms with Crippen LogP contribution in [-0.4, -0.2) is 55.1 Å². The average Bonchev–Trinajstić information content (AvgIpc) is 2.46. The number of nitro benzene ring substituents is 1. The minimum absolute atomic E-state index is 0.0482. The van der Waals surface area contributed by atoms with Gasteiger partial charge in [0.1, 0.15) is 5.82 Å². The van der Waals surface area contributed by atoms with Gasteiger partial charge >= 0.3 is 0 Å². The standard InChI is InChI=1S/C13H16FN3O4/c1-16(8-12-7-15-2-3-21-12)13(18)9-4-10(14)6-11(5-9)17(19)20/h4-6,12,15H,2-3,7-8H2,1H3. The Kier molecular flexibility index (Phi) is 4.81. The number of nitrogens with zero attached hydrogens (tertiary/aromatic N) is 2. The van der Waals surface area contributed by atoms with Crippen LogP contribution in [0, 0.1) is 15.9 Å². The summed E-state index contributed by atoms with van der Waals surface area (Å²) in [6, 6.07) is 2.85. The Morgan fingerprint density at radius 2 is 2.33 bits per heavy atom. The summed E-state index contributed by atoms with van der Waals surface area (Å²) in [7, 11) is 1.55. The van der Waals surface area contributed by atoms with Gasteiger partial charge in [-0.05, 0) is 6.07 Å². The van der Waals surface area contributed by atoms with Crippen LogP contribution in [0.1, 0.15) is 10.4 Å². The van der Waals surface area contributed by atoms with Crippen molar-refractivity contribution in [2.75, 3.05) is 33.3 Å². The maximum atomic E-state index is 13.4. The third-order valence-electron chi connectivity index (χ3n) is 3.17. The zero-order valence-corrected chi connectivity index (χ0v) is 11.5. The zero-order valence-electron chi connectivity index (χ0n) is 11.5. The first-order valence-electron chi connectivity index (χ1n) is 6.50. The van der Waals surface area contributed by atoms with Gasteiger partial charge < -0.3 is 15.0 Å². The van der Waals surface area contributed by atoms with Gasteiger partial charge in [-0.2, -0.15) is 0 Å². The normalized spacial score (nSPS) is 18.3. The molecule has 1 heterocycles. The lowest BCUT2D eigenvalue weighted by molar-refractivity contribution is -0.385. The molecule has 0 bridgehead atoms. The summed E-state index contributed by atoms with van der Waals surface area (Å²) in [5, 5.41) is 13.8. The monoisotopic (exact) mass is 297 g/mol. The van der Waals surface area contributed by atoms with E-state index in [4.69, 9.17) is 4.74 Å². The highest BCUT2D eigenvalue weighted by Crippen LogP contribution is 2.17. The van der Waals surface area contributed by atoms with E-state index >= 15 is 0 Å². The third kappa shape index (κ3) is 3.96. The number of nitro groups is 1. The number of morpholine rings is 1. The molecule has 0 saturated carbocycles. The highest BCUT2D eigenvalue weighted by molar-refractivity contribution is 5.94. The van der Waals surface area contributed by atoms with Gasteiger partial charge in [-0.1, -0.05) is 0 Å². The molecule has 0 spiro atoms. The maximum absolute atomic E-state index is 13.4. The number of hydrogen-bond acceptors (Lipinski definition) is 5. The summed E-state index contributed by atoms with van der Waals surface area (Å²) < 4.78 is 18.8. The van der Waals surface area contributed by atoms with Crippen molar-refractivity contribution in [1.82, 2.24) is 10.2 Å². The van der Waals surface area contributed by atoms with E-state index in [2.05, 4.69) is 5.32 Å². The number of benzene rings is 1. The van der Waals surface area contributed by atoms with Crippen LogP contribution in [0.2, 0.25) is 0 Å². The van der Waals surface area contributed by atoms with Crippen molar-refractivity contribution in [3.8, 4) is 0 Å². The third-order valence-corrected chi connectivity index (χ3v) is 3.17. The number of hydrogen-bond donors (Lipinski definition) is 1. The van der Waals surface area contributed by atoms with Gasteiger partial charge in [-0.15, -0.1) is 0 Å². The summed E-state index contributed by atoms with van der Waals surface area (Å²) in [6.45, 7) is 2.29.